The van der Waals surface area contributed by atoms with Crippen molar-refractivity contribution >= 4 is 0 Å². The molecule has 0 amide bonds. The minimum absolute atomic E-state index is 0.128. The zero-order valence-electron chi connectivity index (χ0n) is 12.8. The first kappa shape index (κ1) is 15.4. The molecule has 112 valence electrons. The normalized spacial score (nSPS) is 11.2. The lowest BCUT2D eigenvalue weighted by molar-refractivity contribution is -0.178. The molecule has 0 atom stereocenters. The van der Waals surface area contributed by atoms with Gasteiger partial charge in [0.1, 0.15) is 0 Å². The largest absolute Gasteiger partial charge is 0.338 e. The molecule has 0 heterocycles. The molecule has 4 heteroatoms. The van der Waals surface area contributed by atoms with Crippen molar-refractivity contribution in [2.75, 3.05) is 14.2 Å². The van der Waals surface area contributed by atoms with Crippen LogP contribution < -0.4 is 9.78 Å². The summed E-state index contributed by atoms with van der Waals surface area (Å²) in [6, 6.07) is 15.7. The van der Waals surface area contributed by atoms with E-state index in [1.165, 1.54) is 25.3 Å². The maximum Gasteiger partial charge on any atom is 0.165 e. The molecule has 2 rings (SSSR count). The Morgan fingerprint density at radius 2 is 0.952 bits per heavy atom. The molecule has 4 nitrogen and oxygen atoms in total. The van der Waals surface area contributed by atoms with E-state index in [1.807, 2.05) is 48.5 Å². The molecule has 21 heavy (non-hydrogen) atoms. The summed E-state index contributed by atoms with van der Waals surface area (Å²) in [6.07, 6.45) is 0. The second kappa shape index (κ2) is 6.61. The van der Waals surface area contributed by atoms with Crippen molar-refractivity contribution in [1.29, 1.82) is 0 Å². The van der Waals surface area contributed by atoms with Crippen molar-refractivity contribution in [2.45, 2.75) is 19.3 Å². The number of hydrogen-bond donors (Lipinski definition) is 0. The molecule has 0 aromatic heterocycles. The zero-order valence-corrected chi connectivity index (χ0v) is 12.8. The van der Waals surface area contributed by atoms with Gasteiger partial charge in [-0.25, -0.2) is 0 Å². The van der Waals surface area contributed by atoms with Crippen LogP contribution in [0.4, 0.5) is 0 Å². The van der Waals surface area contributed by atoms with Crippen molar-refractivity contribution in [1.82, 2.24) is 0 Å². The molecule has 0 saturated heterocycles. The predicted octanol–water partition coefficient (Wildman–Crippen LogP) is 3.89. The maximum absolute atomic E-state index is 4.99. The Balaban J connectivity index is 2.23. The molecule has 0 fully saturated rings. The summed E-state index contributed by atoms with van der Waals surface area (Å²) < 4.78 is 0. The monoisotopic (exact) mass is 288 g/mol. The van der Waals surface area contributed by atoms with E-state index < -0.39 is 0 Å². The summed E-state index contributed by atoms with van der Waals surface area (Å²) in [6.45, 7) is 4.34. The van der Waals surface area contributed by atoms with Crippen LogP contribution in [0.25, 0.3) is 0 Å². The molecule has 0 aliphatic rings. The molecule has 0 unspecified atom stereocenters. The molecule has 0 saturated carbocycles. The van der Waals surface area contributed by atoms with E-state index in [2.05, 4.69) is 23.6 Å². The minimum atomic E-state index is -0.128. The Labute approximate surface area is 125 Å². The Morgan fingerprint density at radius 3 is 1.24 bits per heavy atom. The lowest BCUT2D eigenvalue weighted by atomic mass is 9.78. The average Bonchev–Trinajstić information content (AvgIpc) is 2.49. The van der Waals surface area contributed by atoms with Crippen molar-refractivity contribution in [3.8, 4) is 11.5 Å². The van der Waals surface area contributed by atoms with Crippen LogP contribution >= 0.6 is 0 Å². The van der Waals surface area contributed by atoms with Gasteiger partial charge in [-0.15, -0.1) is 0 Å². The van der Waals surface area contributed by atoms with Gasteiger partial charge in [0.15, 0.2) is 11.5 Å². The highest BCUT2D eigenvalue weighted by atomic mass is 17.2. The van der Waals surface area contributed by atoms with Crippen LogP contribution in [0.2, 0.25) is 0 Å². The van der Waals surface area contributed by atoms with E-state index in [9.17, 15) is 0 Å². The summed E-state index contributed by atoms with van der Waals surface area (Å²) in [7, 11) is 2.98. The first-order chi connectivity index (χ1) is 10.1. The Bertz CT molecular complexity index is 507. The fraction of sp³-hybridized carbons (Fsp3) is 0.294. The quantitative estimate of drug-likeness (QED) is 0.597. The van der Waals surface area contributed by atoms with Crippen LogP contribution in [0.3, 0.4) is 0 Å². The lowest BCUT2D eigenvalue weighted by Gasteiger charge is -2.26. The van der Waals surface area contributed by atoms with E-state index in [1.54, 1.807) is 0 Å². The maximum atomic E-state index is 4.99. The molecule has 0 N–H and O–H groups in total. The van der Waals surface area contributed by atoms with Crippen LogP contribution in [0.1, 0.15) is 25.0 Å². The summed E-state index contributed by atoms with van der Waals surface area (Å²) >= 11 is 0. The van der Waals surface area contributed by atoms with Crippen molar-refractivity contribution in [2.24, 2.45) is 0 Å². The number of hydrogen-bond acceptors (Lipinski definition) is 4. The Kier molecular flexibility index (Phi) is 4.83. The van der Waals surface area contributed by atoms with Crippen molar-refractivity contribution in [3.63, 3.8) is 0 Å². The van der Waals surface area contributed by atoms with Crippen LogP contribution in [0.15, 0.2) is 48.5 Å². The summed E-state index contributed by atoms with van der Waals surface area (Å²) in [5.74, 6) is 1.36. The highest BCUT2D eigenvalue weighted by molar-refractivity contribution is 5.41. The third kappa shape index (κ3) is 3.54. The minimum Gasteiger partial charge on any atom is -0.338 e. The molecule has 0 spiro atoms. The van der Waals surface area contributed by atoms with Crippen LogP contribution in [-0.4, -0.2) is 14.2 Å². The van der Waals surface area contributed by atoms with Gasteiger partial charge in [0.2, 0.25) is 0 Å². The Morgan fingerprint density at radius 1 is 0.619 bits per heavy atom. The SMILES string of the molecule is COOc1ccc(C(C)(C)c2ccc(OOC)cc2)cc1. The predicted molar refractivity (Wildman–Crippen MR) is 80.3 cm³/mol. The van der Waals surface area contributed by atoms with Gasteiger partial charge in [-0.1, -0.05) is 38.1 Å². The highest BCUT2D eigenvalue weighted by Crippen LogP contribution is 2.33. The summed E-state index contributed by atoms with van der Waals surface area (Å²) in [5.41, 5.74) is 2.25. The third-order valence-electron chi connectivity index (χ3n) is 3.51. The van der Waals surface area contributed by atoms with Gasteiger partial charge in [-0.05, 0) is 35.4 Å². The van der Waals surface area contributed by atoms with Crippen LogP contribution in [0, 0.1) is 0 Å². The Hall–Kier alpha value is -2.04. The zero-order chi connectivity index (χ0) is 15.3. The standard InChI is InChI=1S/C17H20O4/c1-17(2,13-5-9-15(10-6-13)20-18-3)14-7-11-16(12-8-14)21-19-4/h5-12H,1-4H3. The van der Waals surface area contributed by atoms with Crippen LogP contribution in [0.5, 0.6) is 11.5 Å². The molecule has 2 aromatic rings. The second-order valence-electron chi connectivity index (χ2n) is 5.17. The summed E-state index contributed by atoms with van der Waals surface area (Å²) in [5, 5.41) is 0. The fourth-order valence-electron chi connectivity index (χ4n) is 2.21. The molecular weight excluding hydrogens is 268 g/mol. The van der Waals surface area contributed by atoms with E-state index in [0.29, 0.717) is 11.5 Å². The number of benzene rings is 2. The molecule has 0 radical (unpaired) electrons. The average molecular weight is 288 g/mol. The van der Waals surface area contributed by atoms with E-state index in [0.717, 1.165) is 0 Å². The molecule has 2 aromatic carbocycles. The second-order valence-corrected chi connectivity index (χ2v) is 5.17. The third-order valence-corrected chi connectivity index (χ3v) is 3.51. The van der Waals surface area contributed by atoms with Gasteiger partial charge in [0.25, 0.3) is 0 Å². The van der Waals surface area contributed by atoms with Crippen molar-refractivity contribution in [3.05, 3.63) is 59.7 Å². The first-order valence-electron chi connectivity index (χ1n) is 6.70. The molecular formula is C17H20O4. The smallest absolute Gasteiger partial charge is 0.165 e. The summed E-state index contributed by atoms with van der Waals surface area (Å²) in [4.78, 5) is 19.3. The highest BCUT2D eigenvalue weighted by Gasteiger charge is 2.23. The lowest BCUT2D eigenvalue weighted by Crippen LogP contribution is -2.18. The first-order valence-corrected chi connectivity index (χ1v) is 6.70. The van der Waals surface area contributed by atoms with Crippen LogP contribution in [-0.2, 0) is 15.2 Å². The number of rotatable bonds is 6. The molecule has 0 aliphatic heterocycles. The van der Waals surface area contributed by atoms with Gasteiger partial charge in [0, 0.05) is 5.41 Å². The molecule has 0 aliphatic carbocycles. The molecule has 0 bridgehead atoms. The topological polar surface area (TPSA) is 36.9 Å². The van der Waals surface area contributed by atoms with Gasteiger partial charge in [-0.3, -0.25) is 0 Å². The van der Waals surface area contributed by atoms with Gasteiger partial charge in [-0.2, -0.15) is 9.78 Å². The van der Waals surface area contributed by atoms with Gasteiger partial charge >= 0.3 is 0 Å². The van der Waals surface area contributed by atoms with E-state index in [-0.39, 0.29) is 5.41 Å². The van der Waals surface area contributed by atoms with Gasteiger partial charge in [0.05, 0.1) is 14.2 Å². The fourth-order valence-corrected chi connectivity index (χ4v) is 2.21. The van der Waals surface area contributed by atoms with E-state index >= 15 is 0 Å². The van der Waals surface area contributed by atoms with E-state index in [4.69, 9.17) is 9.78 Å². The van der Waals surface area contributed by atoms with Gasteiger partial charge < -0.3 is 9.78 Å². The van der Waals surface area contributed by atoms with Crippen molar-refractivity contribution < 1.29 is 19.6 Å².